The molecule has 0 aliphatic heterocycles. The average Bonchev–Trinajstić information content (AvgIpc) is 1.84. The van der Waals surface area contributed by atoms with Crippen LogP contribution in [0.2, 0.25) is 0 Å². The highest BCUT2D eigenvalue weighted by Crippen LogP contribution is 2.09. The van der Waals surface area contributed by atoms with Gasteiger partial charge < -0.3 is 10.8 Å². The Labute approximate surface area is 60.8 Å². The highest BCUT2D eigenvalue weighted by molar-refractivity contribution is 7.98. The van der Waals surface area contributed by atoms with Crippen LogP contribution in [0.25, 0.3) is 0 Å². The van der Waals surface area contributed by atoms with Gasteiger partial charge in [-0.3, -0.25) is 0 Å². The van der Waals surface area contributed by atoms with Gasteiger partial charge in [0.2, 0.25) is 0 Å². The van der Waals surface area contributed by atoms with Crippen molar-refractivity contribution in [2.75, 3.05) is 18.6 Å². The van der Waals surface area contributed by atoms with Gasteiger partial charge in [0, 0.05) is 6.54 Å². The molecule has 0 heterocycles. The molecule has 0 aromatic rings. The molecule has 0 bridgehead atoms. The van der Waals surface area contributed by atoms with E-state index in [1.54, 1.807) is 18.7 Å². The van der Waals surface area contributed by atoms with Crippen molar-refractivity contribution in [1.82, 2.24) is 0 Å². The van der Waals surface area contributed by atoms with Crippen molar-refractivity contribution in [2.24, 2.45) is 5.73 Å². The summed E-state index contributed by atoms with van der Waals surface area (Å²) >= 11 is 1.73. The Morgan fingerprint density at radius 3 is 2.56 bits per heavy atom. The second kappa shape index (κ2) is 4.14. The molecule has 0 radical (unpaired) electrons. The van der Waals surface area contributed by atoms with E-state index in [9.17, 15) is 5.11 Å². The van der Waals surface area contributed by atoms with Crippen molar-refractivity contribution in [3.05, 3.63) is 0 Å². The fraction of sp³-hybridized carbons (Fsp3) is 1.00. The summed E-state index contributed by atoms with van der Waals surface area (Å²) < 4.78 is 0. The molecule has 9 heavy (non-hydrogen) atoms. The Hall–Kier alpha value is 0.270. The van der Waals surface area contributed by atoms with Crippen LogP contribution >= 0.6 is 11.8 Å². The third-order valence-electron chi connectivity index (χ3n) is 1.28. The van der Waals surface area contributed by atoms with Gasteiger partial charge in [-0.2, -0.15) is 11.8 Å². The fourth-order valence-corrected chi connectivity index (χ4v) is 1.07. The quantitative estimate of drug-likeness (QED) is 0.610. The standard InChI is InChI=1S/C6H15NOS/c1-6(8,5-7)3-4-9-2/h8H,3-5,7H2,1-2H3. The Kier molecular flexibility index (Phi) is 4.27. The maximum Gasteiger partial charge on any atom is 0.0749 e. The summed E-state index contributed by atoms with van der Waals surface area (Å²) in [6.45, 7) is 2.12. The van der Waals surface area contributed by atoms with Crippen LogP contribution in [-0.2, 0) is 0 Å². The zero-order valence-corrected chi connectivity index (χ0v) is 6.87. The minimum absolute atomic E-state index is 0.355. The van der Waals surface area contributed by atoms with E-state index in [1.807, 2.05) is 6.26 Å². The monoisotopic (exact) mass is 149 g/mol. The first kappa shape index (κ1) is 9.27. The largest absolute Gasteiger partial charge is 0.389 e. The lowest BCUT2D eigenvalue weighted by Crippen LogP contribution is -2.34. The van der Waals surface area contributed by atoms with Crippen LogP contribution in [0.1, 0.15) is 13.3 Å². The predicted octanol–water partition coefficient (Wildman–Crippen LogP) is 0.449. The van der Waals surface area contributed by atoms with Gasteiger partial charge in [-0.25, -0.2) is 0 Å². The lowest BCUT2D eigenvalue weighted by Gasteiger charge is -2.19. The highest BCUT2D eigenvalue weighted by atomic mass is 32.2. The maximum atomic E-state index is 9.32. The van der Waals surface area contributed by atoms with Crippen molar-refractivity contribution in [2.45, 2.75) is 18.9 Å². The number of thioether (sulfide) groups is 1. The van der Waals surface area contributed by atoms with E-state index in [1.165, 1.54) is 0 Å². The number of rotatable bonds is 4. The third-order valence-corrected chi connectivity index (χ3v) is 1.90. The van der Waals surface area contributed by atoms with Gasteiger partial charge >= 0.3 is 0 Å². The third kappa shape index (κ3) is 4.75. The van der Waals surface area contributed by atoms with E-state index in [0.717, 1.165) is 12.2 Å². The maximum absolute atomic E-state index is 9.32. The Bertz CT molecular complexity index is 75.5. The molecule has 2 nitrogen and oxygen atoms in total. The predicted molar refractivity (Wildman–Crippen MR) is 42.7 cm³/mol. The number of nitrogens with two attached hydrogens (primary N) is 1. The summed E-state index contributed by atoms with van der Waals surface area (Å²) in [5.41, 5.74) is 4.64. The summed E-state index contributed by atoms with van der Waals surface area (Å²) in [6.07, 6.45) is 2.80. The van der Waals surface area contributed by atoms with Gasteiger partial charge in [-0.1, -0.05) is 0 Å². The second-order valence-electron chi connectivity index (χ2n) is 2.44. The molecule has 0 fully saturated rings. The molecule has 0 aliphatic rings. The fourth-order valence-electron chi connectivity index (χ4n) is 0.424. The summed E-state index contributed by atoms with van der Waals surface area (Å²) in [5.74, 6) is 0.976. The highest BCUT2D eigenvalue weighted by Gasteiger charge is 2.16. The molecule has 3 heteroatoms. The molecule has 0 saturated heterocycles. The van der Waals surface area contributed by atoms with Gasteiger partial charge in [-0.05, 0) is 25.4 Å². The first-order valence-corrected chi connectivity index (χ1v) is 4.43. The zero-order valence-electron chi connectivity index (χ0n) is 6.05. The van der Waals surface area contributed by atoms with Gasteiger partial charge in [0.25, 0.3) is 0 Å². The molecule has 0 rings (SSSR count). The molecular weight excluding hydrogens is 134 g/mol. The number of aliphatic hydroxyl groups is 1. The Morgan fingerprint density at radius 2 is 2.22 bits per heavy atom. The molecule has 0 saturated carbocycles. The minimum Gasteiger partial charge on any atom is -0.389 e. The summed E-state index contributed by atoms with van der Waals surface area (Å²) in [6, 6.07) is 0. The molecule has 0 aromatic heterocycles. The molecule has 0 amide bonds. The molecule has 56 valence electrons. The van der Waals surface area contributed by atoms with Crippen LogP contribution in [0.15, 0.2) is 0 Å². The zero-order chi connectivity index (χ0) is 7.33. The molecular formula is C6H15NOS. The summed E-state index contributed by atoms with van der Waals surface area (Å²) in [4.78, 5) is 0. The first-order valence-electron chi connectivity index (χ1n) is 3.04. The molecule has 0 aromatic carbocycles. The average molecular weight is 149 g/mol. The molecule has 0 aliphatic carbocycles. The van der Waals surface area contributed by atoms with Crippen LogP contribution in [-0.4, -0.2) is 29.3 Å². The first-order chi connectivity index (χ1) is 4.12. The van der Waals surface area contributed by atoms with Crippen LogP contribution in [0, 0.1) is 0 Å². The van der Waals surface area contributed by atoms with Crippen molar-refractivity contribution in [3.8, 4) is 0 Å². The SMILES string of the molecule is CSCCC(C)(O)CN. The van der Waals surface area contributed by atoms with E-state index in [4.69, 9.17) is 5.73 Å². The van der Waals surface area contributed by atoms with Crippen molar-refractivity contribution in [3.63, 3.8) is 0 Å². The molecule has 1 unspecified atom stereocenters. The van der Waals surface area contributed by atoms with Crippen LogP contribution in [0.5, 0.6) is 0 Å². The molecule has 3 N–H and O–H groups in total. The van der Waals surface area contributed by atoms with Crippen molar-refractivity contribution < 1.29 is 5.11 Å². The normalized spacial score (nSPS) is 17.3. The number of hydrogen-bond donors (Lipinski definition) is 2. The Morgan fingerprint density at radius 1 is 1.67 bits per heavy atom. The summed E-state index contributed by atoms with van der Waals surface area (Å²) in [5, 5.41) is 9.32. The molecule has 1 atom stereocenters. The minimum atomic E-state index is -0.650. The van der Waals surface area contributed by atoms with Gasteiger partial charge in [0.15, 0.2) is 0 Å². The lowest BCUT2D eigenvalue weighted by molar-refractivity contribution is 0.0665. The van der Waals surface area contributed by atoms with E-state index in [0.29, 0.717) is 6.54 Å². The topological polar surface area (TPSA) is 46.2 Å². The van der Waals surface area contributed by atoms with Gasteiger partial charge in [0.1, 0.15) is 0 Å². The van der Waals surface area contributed by atoms with Crippen LogP contribution in [0.3, 0.4) is 0 Å². The van der Waals surface area contributed by atoms with Gasteiger partial charge in [-0.15, -0.1) is 0 Å². The van der Waals surface area contributed by atoms with E-state index < -0.39 is 5.60 Å². The number of hydrogen-bond acceptors (Lipinski definition) is 3. The molecule has 0 spiro atoms. The van der Waals surface area contributed by atoms with E-state index in [2.05, 4.69) is 0 Å². The van der Waals surface area contributed by atoms with E-state index >= 15 is 0 Å². The van der Waals surface area contributed by atoms with Crippen LogP contribution in [0.4, 0.5) is 0 Å². The van der Waals surface area contributed by atoms with Crippen molar-refractivity contribution >= 4 is 11.8 Å². The summed E-state index contributed by atoms with van der Waals surface area (Å²) in [7, 11) is 0. The lowest BCUT2D eigenvalue weighted by atomic mass is 10.1. The smallest absolute Gasteiger partial charge is 0.0749 e. The Balaban J connectivity index is 3.33. The van der Waals surface area contributed by atoms with Gasteiger partial charge in [0.05, 0.1) is 5.60 Å². The second-order valence-corrected chi connectivity index (χ2v) is 3.43. The van der Waals surface area contributed by atoms with Crippen molar-refractivity contribution in [1.29, 1.82) is 0 Å². The van der Waals surface area contributed by atoms with Crippen LogP contribution < -0.4 is 5.73 Å². The van der Waals surface area contributed by atoms with E-state index in [-0.39, 0.29) is 0 Å².